The van der Waals surface area contributed by atoms with Gasteiger partial charge in [0.05, 0.1) is 5.52 Å². The summed E-state index contributed by atoms with van der Waals surface area (Å²) in [6.07, 6.45) is 2.33. The van der Waals surface area contributed by atoms with Crippen molar-refractivity contribution in [3.05, 3.63) is 24.3 Å². The minimum atomic E-state index is -0.211. The van der Waals surface area contributed by atoms with E-state index in [4.69, 9.17) is 4.74 Å². The molecule has 3 aliphatic carbocycles. The third kappa shape index (κ3) is 2.25. The SMILES string of the molecule is CC1C(OC(=O)Cn2nnc3ccccc32)CC2CC1C2(C)C. The van der Waals surface area contributed by atoms with Crippen LogP contribution in [0.2, 0.25) is 0 Å². The van der Waals surface area contributed by atoms with E-state index in [2.05, 4.69) is 31.1 Å². The van der Waals surface area contributed by atoms with Crippen molar-refractivity contribution in [2.75, 3.05) is 0 Å². The zero-order valence-electron chi connectivity index (χ0n) is 13.9. The Morgan fingerprint density at radius 3 is 2.87 bits per heavy atom. The van der Waals surface area contributed by atoms with Crippen molar-refractivity contribution in [2.24, 2.45) is 23.2 Å². The highest BCUT2D eigenvalue weighted by atomic mass is 16.5. The Morgan fingerprint density at radius 1 is 1.35 bits per heavy atom. The van der Waals surface area contributed by atoms with Gasteiger partial charge in [-0.15, -0.1) is 5.10 Å². The third-order valence-corrected chi connectivity index (χ3v) is 6.27. The van der Waals surface area contributed by atoms with Gasteiger partial charge in [-0.2, -0.15) is 0 Å². The van der Waals surface area contributed by atoms with Crippen LogP contribution in [0.1, 0.15) is 33.6 Å². The zero-order valence-corrected chi connectivity index (χ0v) is 13.9. The number of ether oxygens (including phenoxy) is 1. The summed E-state index contributed by atoms with van der Waals surface area (Å²) in [5.41, 5.74) is 2.07. The van der Waals surface area contributed by atoms with Gasteiger partial charge >= 0.3 is 5.97 Å². The first kappa shape index (κ1) is 14.7. The smallest absolute Gasteiger partial charge is 0.328 e. The summed E-state index contributed by atoms with van der Waals surface area (Å²) in [5, 5.41) is 8.14. The summed E-state index contributed by atoms with van der Waals surface area (Å²) in [4.78, 5) is 12.3. The van der Waals surface area contributed by atoms with Gasteiger partial charge in [-0.3, -0.25) is 4.79 Å². The summed E-state index contributed by atoms with van der Waals surface area (Å²) >= 11 is 0. The quantitative estimate of drug-likeness (QED) is 0.817. The fourth-order valence-corrected chi connectivity index (χ4v) is 4.62. The number of benzene rings is 1. The molecule has 23 heavy (non-hydrogen) atoms. The molecule has 2 aromatic rings. The van der Waals surface area contributed by atoms with E-state index in [0.29, 0.717) is 23.2 Å². The normalized spacial score (nSPS) is 31.6. The van der Waals surface area contributed by atoms with Crippen LogP contribution in [0.25, 0.3) is 11.0 Å². The molecule has 4 unspecified atom stereocenters. The van der Waals surface area contributed by atoms with Crippen molar-refractivity contribution in [3.63, 3.8) is 0 Å². The minimum Gasteiger partial charge on any atom is -0.461 e. The summed E-state index contributed by atoms with van der Waals surface area (Å²) in [6, 6.07) is 7.65. The number of carbonyl (C=O) groups excluding carboxylic acids is 1. The average Bonchev–Trinajstić information content (AvgIpc) is 2.92. The molecule has 1 aromatic carbocycles. The van der Waals surface area contributed by atoms with Crippen LogP contribution in [0.15, 0.2) is 24.3 Å². The highest BCUT2D eigenvalue weighted by Gasteiger charge is 2.57. The molecule has 5 rings (SSSR count). The predicted molar refractivity (Wildman–Crippen MR) is 86.6 cm³/mol. The maximum absolute atomic E-state index is 12.3. The Kier molecular flexibility index (Phi) is 3.22. The Hall–Kier alpha value is -1.91. The monoisotopic (exact) mass is 313 g/mol. The third-order valence-electron chi connectivity index (χ3n) is 6.27. The zero-order chi connectivity index (χ0) is 16.2. The number of hydrogen-bond donors (Lipinski definition) is 0. The van der Waals surface area contributed by atoms with Gasteiger partial charge < -0.3 is 4.74 Å². The fourth-order valence-electron chi connectivity index (χ4n) is 4.62. The molecule has 3 saturated carbocycles. The number of para-hydroxylation sites is 1. The molecule has 0 spiro atoms. The summed E-state index contributed by atoms with van der Waals surface area (Å²) in [5.74, 6) is 1.59. The van der Waals surface area contributed by atoms with Crippen molar-refractivity contribution in [2.45, 2.75) is 46.3 Å². The molecule has 4 atom stereocenters. The average molecular weight is 313 g/mol. The van der Waals surface area contributed by atoms with Crippen LogP contribution in [0, 0.1) is 23.2 Å². The van der Waals surface area contributed by atoms with E-state index in [0.717, 1.165) is 17.5 Å². The van der Waals surface area contributed by atoms with Gasteiger partial charge in [-0.25, -0.2) is 4.68 Å². The van der Waals surface area contributed by atoms with Gasteiger partial charge in [0.15, 0.2) is 0 Å². The number of esters is 1. The Bertz CT molecular complexity index is 752. The van der Waals surface area contributed by atoms with Crippen molar-refractivity contribution in [1.82, 2.24) is 15.0 Å². The fraction of sp³-hybridized carbons (Fsp3) is 0.611. The van der Waals surface area contributed by atoms with Gasteiger partial charge in [0.25, 0.3) is 0 Å². The first-order valence-corrected chi connectivity index (χ1v) is 8.44. The molecule has 122 valence electrons. The Labute approximate surface area is 136 Å². The number of rotatable bonds is 3. The second kappa shape index (κ2) is 5.05. The second-order valence-corrected chi connectivity index (χ2v) is 7.72. The lowest BCUT2D eigenvalue weighted by atomic mass is 9.45. The molecule has 5 heteroatoms. The molecule has 0 aliphatic heterocycles. The van der Waals surface area contributed by atoms with Crippen LogP contribution in [0.5, 0.6) is 0 Å². The Morgan fingerprint density at radius 2 is 2.13 bits per heavy atom. The van der Waals surface area contributed by atoms with E-state index in [-0.39, 0.29) is 18.6 Å². The van der Waals surface area contributed by atoms with E-state index in [1.807, 2.05) is 24.3 Å². The van der Waals surface area contributed by atoms with Crippen molar-refractivity contribution >= 4 is 17.0 Å². The van der Waals surface area contributed by atoms with Crippen LogP contribution in [0.4, 0.5) is 0 Å². The lowest BCUT2D eigenvalue weighted by Gasteiger charge is -2.61. The topological polar surface area (TPSA) is 57.0 Å². The number of aromatic nitrogens is 3. The van der Waals surface area contributed by atoms with Crippen LogP contribution < -0.4 is 0 Å². The molecular weight excluding hydrogens is 290 g/mol. The number of fused-ring (bicyclic) bond motifs is 3. The maximum Gasteiger partial charge on any atom is 0.328 e. The van der Waals surface area contributed by atoms with Crippen molar-refractivity contribution in [1.29, 1.82) is 0 Å². The first-order chi connectivity index (χ1) is 11.0. The van der Waals surface area contributed by atoms with Gasteiger partial charge in [0, 0.05) is 0 Å². The minimum absolute atomic E-state index is 0.0501. The van der Waals surface area contributed by atoms with Crippen LogP contribution in [-0.2, 0) is 16.1 Å². The molecule has 2 bridgehead atoms. The van der Waals surface area contributed by atoms with E-state index in [1.54, 1.807) is 4.68 Å². The largest absolute Gasteiger partial charge is 0.461 e. The number of nitrogens with zero attached hydrogens (tertiary/aromatic N) is 3. The predicted octanol–water partition coefficient (Wildman–Crippen LogP) is 3.05. The second-order valence-electron chi connectivity index (χ2n) is 7.72. The van der Waals surface area contributed by atoms with Crippen molar-refractivity contribution < 1.29 is 9.53 Å². The highest BCUT2D eigenvalue weighted by molar-refractivity contribution is 5.77. The number of hydrogen-bond acceptors (Lipinski definition) is 4. The lowest BCUT2D eigenvalue weighted by molar-refractivity contribution is -0.186. The molecule has 3 aliphatic rings. The van der Waals surface area contributed by atoms with E-state index < -0.39 is 0 Å². The summed E-state index contributed by atoms with van der Waals surface area (Å²) in [7, 11) is 0. The van der Waals surface area contributed by atoms with E-state index >= 15 is 0 Å². The first-order valence-electron chi connectivity index (χ1n) is 8.44. The van der Waals surface area contributed by atoms with E-state index in [9.17, 15) is 4.79 Å². The molecule has 0 radical (unpaired) electrons. The van der Waals surface area contributed by atoms with Gasteiger partial charge in [0.2, 0.25) is 0 Å². The molecule has 1 aromatic heterocycles. The van der Waals surface area contributed by atoms with Crippen LogP contribution in [-0.4, -0.2) is 27.1 Å². The number of carbonyl (C=O) groups is 1. The molecule has 0 N–H and O–H groups in total. The van der Waals surface area contributed by atoms with Crippen molar-refractivity contribution in [3.8, 4) is 0 Å². The lowest BCUT2D eigenvalue weighted by Crippen LogP contribution is -2.57. The molecule has 1 heterocycles. The van der Waals surface area contributed by atoms with Gasteiger partial charge in [0.1, 0.15) is 18.2 Å². The molecule has 0 saturated heterocycles. The van der Waals surface area contributed by atoms with E-state index in [1.165, 1.54) is 6.42 Å². The maximum atomic E-state index is 12.3. The van der Waals surface area contributed by atoms with Gasteiger partial charge in [-0.1, -0.05) is 38.1 Å². The molecular formula is C18H23N3O2. The molecule has 0 amide bonds. The molecule has 3 fully saturated rings. The molecule has 5 nitrogen and oxygen atoms in total. The van der Waals surface area contributed by atoms with Crippen LogP contribution >= 0.6 is 0 Å². The summed E-state index contributed by atoms with van der Waals surface area (Å²) in [6.45, 7) is 7.05. The standard InChI is InChI=1S/C18H23N3O2/c1-11-13-8-12(18(13,2)3)9-16(11)23-17(22)10-21-15-7-5-4-6-14(15)19-20-21/h4-7,11-13,16H,8-10H2,1-3H3. The van der Waals surface area contributed by atoms with Crippen LogP contribution in [0.3, 0.4) is 0 Å². The van der Waals surface area contributed by atoms with Gasteiger partial charge in [-0.05, 0) is 48.1 Å². The Balaban J connectivity index is 1.43. The highest BCUT2D eigenvalue weighted by Crippen LogP contribution is 2.61. The summed E-state index contributed by atoms with van der Waals surface area (Å²) < 4.78 is 7.41.